The van der Waals surface area contributed by atoms with Crippen LogP contribution in [-0.2, 0) is 20.7 Å². The summed E-state index contributed by atoms with van der Waals surface area (Å²) < 4.78 is 10.8. The van der Waals surface area contributed by atoms with Crippen molar-refractivity contribution in [2.24, 2.45) is 11.3 Å². The Bertz CT molecular complexity index is 842. The largest absolute Gasteiger partial charge is 0.466 e. The van der Waals surface area contributed by atoms with Gasteiger partial charge in [0.1, 0.15) is 0 Å². The molecule has 32 heavy (non-hydrogen) atoms. The van der Waals surface area contributed by atoms with Crippen LogP contribution in [0.5, 0.6) is 0 Å². The molecular weight excluding hydrogens is 427 g/mol. The van der Waals surface area contributed by atoms with Crippen molar-refractivity contribution in [2.45, 2.75) is 39.8 Å². The number of aliphatic hydroxyl groups is 1. The second kappa shape index (κ2) is 13.0. The fourth-order valence-corrected chi connectivity index (χ4v) is 4.25. The molecule has 0 amide bonds. The molecule has 0 heterocycles. The maximum Gasteiger partial charge on any atom is 0.314 e. The molecule has 0 aromatic heterocycles. The molecule has 0 radical (unpaired) electrons. The van der Waals surface area contributed by atoms with Crippen LogP contribution in [0.2, 0.25) is 18.2 Å². The zero-order valence-corrected chi connectivity index (χ0v) is 20.0. The van der Waals surface area contributed by atoms with Crippen LogP contribution in [-0.4, -0.2) is 49.4 Å². The van der Waals surface area contributed by atoms with Gasteiger partial charge in [-0.05, 0) is 67.8 Å². The summed E-state index contributed by atoms with van der Waals surface area (Å²) in [5.41, 5.74) is 2.41. The topological polar surface area (TPSA) is 76.0 Å². The number of ether oxygens (including phenoxy) is 2. The quantitative estimate of drug-likeness (QED) is 0.256. The highest BCUT2D eigenvalue weighted by atomic mass is 35.5. The zero-order valence-electron chi connectivity index (χ0n) is 19.2. The SMILES string of the molecule is CCOC(=O)[C@](C)(COCCO)C[C@H](CB(C)O)Cc1ccc(-c2cccc(Cl)c2)cc1. The average Bonchev–Trinajstić information content (AvgIpc) is 2.74. The number of rotatable bonds is 13. The lowest BCUT2D eigenvalue weighted by molar-refractivity contribution is -0.159. The second-order valence-electron chi connectivity index (χ2n) is 8.62. The van der Waals surface area contributed by atoms with Crippen molar-refractivity contribution in [3.63, 3.8) is 0 Å². The van der Waals surface area contributed by atoms with E-state index in [0.29, 0.717) is 24.4 Å². The van der Waals surface area contributed by atoms with Gasteiger partial charge >= 0.3 is 5.97 Å². The number of hydrogen-bond donors (Lipinski definition) is 2. The Balaban J connectivity index is 2.17. The Morgan fingerprint density at radius 2 is 1.91 bits per heavy atom. The third kappa shape index (κ3) is 8.25. The van der Waals surface area contributed by atoms with Gasteiger partial charge in [-0.1, -0.05) is 54.8 Å². The van der Waals surface area contributed by atoms with Gasteiger partial charge in [0, 0.05) is 5.02 Å². The summed E-state index contributed by atoms with van der Waals surface area (Å²) in [6.07, 6.45) is 1.79. The highest BCUT2D eigenvalue weighted by Gasteiger charge is 2.38. The van der Waals surface area contributed by atoms with Crippen molar-refractivity contribution in [2.75, 3.05) is 26.4 Å². The molecule has 2 rings (SSSR count). The van der Waals surface area contributed by atoms with Crippen LogP contribution in [0.4, 0.5) is 0 Å². The molecule has 0 unspecified atom stereocenters. The minimum Gasteiger partial charge on any atom is -0.466 e. The van der Waals surface area contributed by atoms with Crippen molar-refractivity contribution in [3.8, 4) is 11.1 Å². The first-order valence-corrected chi connectivity index (χ1v) is 11.5. The monoisotopic (exact) mass is 460 g/mol. The maximum absolute atomic E-state index is 12.7. The third-order valence-electron chi connectivity index (χ3n) is 5.47. The Morgan fingerprint density at radius 1 is 1.19 bits per heavy atom. The van der Waals surface area contributed by atoms with Crippen molar-refractivity contribution in [1.29, 1.82) is 0 Å². The molecule has 2 aromatic rings. The number of halogens is 1. The van der Waals surface area contributed by atoms with E-state index in [1.807, 2.05) is 31.2 Å². The van der Waals surface area contributed by atoms with E-state index < -0.39 is 12.3 Å². The van der Waals surface area contributed by atoms with Gasteiger partial charge in [0.2, 0.25) is 0 Å². The number of esters is 1. The Morgan fingerprint density at radius 3 is 2.50 bits per heavy atom. The van der Waals surface area contributed by atoms with E-state index >= 15 is 0 Å². The molecule has 174 valence electrons. The predicted molar refractivity (Wildman–Crippen MR) is 130 cm³/mol. The summed E-state index contributed by atoms with van der Waals surface area (Å²) in [5.74, 6) is -0.260. The molecule has 0 aliphatic heterocycles. The van der Waals surface area contributed by atoms with E-state index in [-0.39, 0.29) is 31.7 Å². The zero-order chi connectivity index (χ0) is 23.6. The number of carbonyl (C=O) groups excluding carboxylic acids is 1. The van der Waals surface area contributed by atoms with Crippen LogP contribution in [0.15, 0.2) is 48.5 Å². The smallest absolute Gasteiger partial charge is 0.314 e. The minimum absolute atomic E-state index is 0.0548. The molecule has 0 saturated carbocycles. The first-order valence-electron chi connectivity index (χ1n) is 11.2. The molecule has 2 aromatic carbocycles. The number of aliphatic hydroxyl groups excluding tert-OH is 1. The highest BCUT2D eigenvalue weighted by molar-refractivity contribution is 6.48. The summed E-state index contributed by atoms with van der Waals surface area (Å²) in [6.45, 7) is 5.41. The summed E-state index contributed by atoms with van der Waals surface area (Å²) in [7, 11) is 0. The van der Waals surface area contributed by atoms with E-state index in [4.69, 9.17) is 26.2 Å². The van der Waals surface area contributed by atoms with E-state index in [0.717, 1.165) is 23.1 Å². The standard InChI is InChI=1S/C25H34BClO5/c1-4-32-24(29)25(2,18-31-13-12-28)16-20(17-26(3)30)14-19-8-10-21(11-9-19)22-6-5-7-23(27)15-22/h5-11,15,20,28,30H,4,12-14,16-18H2,1-3H3/t20-,25+/m1/s1. The van der Waals surface area contributed by atoms with Gasteiger partial charge in [0.15, 0.2) is 0 Å². The average molecular weight is 461 g/mol. The van der Waals surface area contributed by atoms with Gasteiger partial charge in [0.25, 0.3) is 6.92 Å². The predicted octanol–water partition coefficient (Wildman–Crippen LogP) is 4.75. The fourth-order valence-electron chi connectivity index (χ4n) is 4.06. The molecular formula is C25H34BClO5. The lowest BCUT2D eigenvalue weighted by atomic mass is 9.60. The molecule has 2 N–H and O–H groups in total. The lowest BCUT2D eigenvalue weighted by Crippen LogP contribution is -2.38. The van der Waals surface area contributed by atoms with E-state index in [2.05, 4.69) is 24.3 Å². The normalized spacial score (nSPS) is 13.9. The van der Waals surface area contributed by atoms with Crippen LogP contribution in [0.25, 0.3) is 11.1 Å². The molecule has 2 atom stereocenters. The van der Waals surface area contributed by atoms with Gasteiger partial charge in [-0.25, -0.2) is 0 Å². The van der Waals surface area contributed by atoms with Crippen LogP contribution in [0, 0.1) is 11.3 Å². The lowest BCUT2D eigenvalue weighted by Gasteiger charge is -2.31. The Labute approximate surface area is 196 Å². The van der Waals surface area contributed by atoms with Crippen LogP contribution < -0.4 is 0 Å². The first kappa shape index (κ1) is 26.4. The first-order chi connectivity index (χ1) is 15.3. The van der Waals surface area contributed by atoms with Gasteiger partial charge in [-0.3, -0.25) is 4.79 Å². The number of carbonyl (C=O) groups is 1. The van der Waals surface area contributed by atoms with Gasteiger partial charge in [-0.15, -0.1) is 0 Å². The van der Waals surface area contributed by atoms with E-state index in [1.165, 1.54) is 0 Å². The van der Waals surface area contributed by atoms with Crippen LogP contribution >= 0.6 is 11.6 Å². The highest BCUT2D eigenvalue weighted by Crippen LogP contribution is 2.33. The molecule has 0 spiro atoms. The molecule has 5 nitrogen and oxygen atoms in total. The Kier molecular flexibility index (Phi) is 10.7. The minimum atomic E-state index is -0.856. The molecule has 0 aliphatic rings. The third-order valence-corrected chi connectivity index (χ3v) is 5.71. The van der Waals surface area contributed by atoms with Crippen molar-refractivity contribution in [1.82, 2.24) is 0 Å². The van der Waals surface area contributed by atoms with Gasteiger partial charge in [0.05, 0.1) is 31.8 Å². The summed E-state index contributed by atoms with van der Waals surface area (Å²) in [6, 6.07) is 16.0. The Hall–Kier alpha value is -1.86. The molecule has 0 saturated heterocycles. The molecule has 0 fully saturated rings. The summed E-state index contributed by atoms with van der Waals surface area (Å²) >= 11 is 6.11. The fraction of sp³-hybridized carbons (Fsp3) is 0.480. The van der Waals surface area contributed by atoms with Crippen LogP contribution in [0.1, 0.15) is 25.8 Å². The van der Waals surface area contributed by atoms with Crippen LogP contribution in [0.3, 0.4) is 0 Å². The van der Waals surface area contributed by atoms with E-state index in [1.54, 1.807) is 13.7 Å². The molecule has 0 bridgehead atoms. The van der Waals surface area contributed by atoms with Gasteiger partial charge in [-0.2, -0.15) is 0 Å². The molecule has 7 heteroatoms. The van der Waals surface area contributed by atoms with Gasteiger partial charge < -0.3 is 19.6 Å². The summed E-state index contributed by atoms with van der Waals surface area (Å²) in [5, 5.41) is 19.8. The molecule has 0 aliphatic carbocycles. The van der Waals surface area contributed by atoms with Crippen molar-refractivity contribution < 1.29 is 24.4 Å². The summed E-state index contributed by atoms with van der Waals surface area (Å²) in [4.78, 5) is 12.7. The maximum atomic E-state index is 12.7. The van der Waals surface area contributed by atoms with Crippen molar-refractivity contribution in [3.05, 3.63) is 59.1 Å². The second-order valence-corrected chi connectivity index (χ2v) is 9.06. The number of hydrogen-bond acceptors (Lipinski definition) is 5. The van der Waals surface area contributed by atoms with Crippen molar-refractivity contribution >= 4 is 24.5 Å². The van der Waals surface area contributed by atoms with E-state index in [9.17, 15) is 9.82 Å². The number of benzene rings is 2.